The molecule has 0 aromatic carbocycles. The maximum absolute atomic E-state index is 14.5. The highest BCUT2D eigenvalue weighted by Crippen LogP contribution is 2.66. The molecule has 0 aromatic heterocycles. The van der Waals surface area contributed by atoms with Crippen molar-refractivity contribution < 1.29 is 18.7 Å². The van der Waals surface area contributed by atoms with E-state index >= 15 is 0 Å². The van der Waals surface area contributed by atoms with Crippen molar-refractivity contribution in [1.82, 2.24) is 0 Å². The molecule has 180 valence electrons. The summed E-state index contributed by atoms with van der Waals surface area (Å²) in [5.41, 5.74) is 2.12. The van der Waals surface area contributed by atoms with E-state index in [0.29, 0.717) is 35.9 Å². The van der Waals surface area contributed by atoms with Crippen molar-refractivity contribution in [2.24, 2.45) is 28.6 Å². The molecule has 0 bridgehead atoms. The van der Waals surface area contributed by atoms with Gasteiger partial charge in [-0.05, 0) is 104 Å². The van der Waals surface area contributed by atoms with Crippen molar-refractivity contribution in [2.75, 3.05) is 0 Å². The standard InChI is InChI=1S/C27H43FO3Si/c1-25(2,3)32(6,7)31-18-12-14-26(4)17(16-18)8-9-19-20-10-11-22(23(28)24(29)30)27(20,5)15-13-21(19)26/h8,18-21H,9-16H2,1-7H3,(H,29,30)/t18-,19-,20-,21-,26-,27-/m0/s1. The number of fused-ring (bicyclic) bond motifs is 5. The molecule has 4 aliphatic carbocycles. The molecule has 4 rings (SSSR count). The highest BCUT2D eigenvalue weighted by Gasteiger charge is 2.58. The number of carbonyl (C=O) groups is 1. The van der Waals surface area contributed by atoms with Gasteiger partial charge < -0.3 is 9.53 Å². The third-order valence-corrected chi connectivity index (χ3v) is 15.1. The monoisotopic (exact) mass is 462 g/mol. The minimum atomic E-state index is -1.78. The molecule has 0 aliphatic heterocycles. The lowest BCUT2D eigenvalue weighted by Gasteiger charge is -2.58. The molecule has 0 unspecified atom stereocenters. The Morgan fingerprint density at radius 1 is 1.12 bits per heavy atom. The molecule has 0 spiro atoms. The summed E-state index contributed by atoms with van der Waals surface area (Å²) in [6, 6.07) is 0. The van der Waals surface area contributed by atoms with Gasteiger partial charge in [-0.25, -0.2) is 4.79 Å². The van der Waals surface area contributed by atoms with Crippen LogP contribution in [-0.4, -0.2) is 25.5 Å². The molecule has 5 heteroatoms. The molecule has 1 N–H and O–H groups in total. The number of rotatable bonds is 3. The Bertz CT molecular complexity index is 853. The van der Waals surface area contributed by atoms with Gasteiger partial charge in [-0.15, -0.1) is 0 Å². The zero-order valence-corrected chi connectivity index (χ0v) is 22.2. The summed E-state index contributed by atoms with van der Waals surface area (Å²) >= 11 is 0. The van der Waals surface area contributed by atoms with Crippen LogP contribution in [0, 0.1) is 28.6 Å². The van der Waals surface area contributed by atoms with Gasteiger partial charge in [0.1, 0.15) is 0 Å². The quantitative estimate of drug-likeness (QED) is 0.266. The Morgan fingerprint density at radius 2 is 1.75 bits per heavy atom. The van der Waals surface area contributed by atoms with E-state index < -0.39 is 20.1 Å². The average Bonchev–Trinajstić information content (AvgIpc) is 3.03. The van der Waals surface area contributed by atoms with E-state index in [9.17, 15) is 14.3 Å². The first-order valence-corrected chi connectivity index (χ1v) is 15.6. The summed E-state index contributed by atoms with van der Waals surface area (Å²) in [6.45, 7) is 16.3. The molecular formula is C27H43FO3Si. The van der Waals surface area contributed by atoms with Gasteiger partial charge in [-0.1, -0.05) is 46.3 Å². The Balaban J connectivity index is 1.56. The van der Waals surface area contributed by atoms with Gasteiger partial charge in [0.15, 0.2) is 8.32 Å². The first kappa shape index (κ1) is 24.2. The van der Waals surface area contributed by atoms with Crippen molar-refractivity contribution in [3.8, 4) is 0 Å². The summed E-state index contributed by atoms with van der Waals surface area (Å²) in [6.07, 6.45) is 10.8. The van der Waals surface area contributed by atoms with Crippen LogP contribution in [0.2, 0.25) is 18.1 Å². The van der Waals surface area contributed by atoms with Crippen molar-refractivity contribution in [1.29, 1.82) is 0 Å². The Hall–Kier alpha value is -0.943. The fourth-order valence-corrected chi connectivity index (χ4v) is 9.01. The van der Waals surface area contributed by atoms with Gasteiger partial charge in [0.2, 0.25) is 5.83 Å². The summed E-state index contributed by atoms with van der Waals surface area (Å²) in [7, 11) is -1.78. The first-order chi connectivity index (χ1) is 14.7. The molecule has 0 saturated heterocycles. The lowest BCUT2D eigenvalue weighted by atomic mass is 9.48. The third-order valence-electron chi connectivity index (χ3n) is 10.6. The van der Waals surface area contributed by atoms with E-state index in [1.165, 1.54) is 6.42 Å². The normalized spacial score (nSPS) is 41.3. The fourth-order valence-electron chi connectivity index (χ4n) is 7.62. The highest BCUT2D eigenvalue weighted by atomic mass is 28.4. The fraction of sp³-hybridized carbons (Fsp3) is 0.815. The van der Waals surface area contributed by atoms with Gasteiger partial charge in [-0.2, -0.15) is 4.39 Å². The van der Waals surface area contributed by atoms with E-state index in [0.717, 1.165) is 38.5 Å². The predicted molar refractivity (Wildman–Crippen MR) is 130 cm³/mol. The average molecular weight is 463 g/mol. The number of carboxylic acids is 1. The number of carboxylic acid groups (broad SMARTS) is 1. The zero-order valence-electron chi connectivity index (χ0n) is 21.2. The molecule has 3 fully saturated rings. The second-order valence-corrected chi connectivity index (χ2v) is 17.9. The van der Waals surface area contributed by atoms with Gasteiger partial charge in [0.05, 0.1) is 0 Å². The number of aliphatic carboxylic acids is 1. The van der Waals surface area contributed by atoms with Gasteiger partial charge in [0.25, 0.3) is 0 Å². The maximum Gasteiger partial charge on any atom is 0.364 e. The van der Waals surface area contributed by atoms with Crippen LogP contribution >= 0.6 is 0 Å². The number of halogens is 1. The molecule has 32 heavy (non-hydrogen) atoms. The second kappa shape index (κ2) is 7.80. The van der Waals surface area contributed by atoms with Crippen LogP contribution in [0.3, 0.4) is 0 Å². The predicted octanol–water partition coefficient (Wildman–Crippen LogP) is 7.65. The van der Waals surface area contributed by atoms with Crippen LogP contribution in [0.5, 0.6) is 0 Å². The molecule has 3 saturated carbocycles. The minimum Gasteiger partial charge on any atom is -0.476 e. The van der Waals surface area contributed by atoms with E-state index in [4.69, 9.17) is 4.43 Å². The number of allylic oxidation sites excluding steroid dienone is 2. The molecule has 3 nitrogen and oxygen atoms in total. The summed E-state index contributed by atoms with van der Waals surface area (Å²) < 4.78 is 21.4. The highest BCUT2D eigenvalue weighted by molar-refractivity contribution is 6.74. The van der Waals surface area contributed by atoms with Crippen LogP contribution in [0.4, 0.5) is 4.39 Å². The van der Waals surface area contributed by atoms with Crippen LogP contribution in [-0.2, 0) is 9.22 Å². The summed E-state index contributed by atoms with van der Waals surface area (Å²) in [5, 5.41) is 9.51. The molecule has 0 amide bonds. The Kier molecular flexibility index (Phi) is 5.89. The van der Waals surface area contributed by atoms with Crippen LogP contribution in [0.1, 0.15) is 86.0 Å². The summed E-state index contributed by atoms with van der Waals surface area (Å²) in [5.74, 6) is -0.699. The topological polar surface area (TPSA) is 46.5 Å². The second-order valence-electron chi connectivity index (χ2n) is 13.1. The molecule has 6 atom stereocenters. The SMILES string of the molecule is CC(C)(C)[Si](C)(C)O[C@H]1CC[C@@]2(C)C(=CC[C@@H]3[C@@H]2CC[C@]2(C)C(=C(F)C(=O)O)CC[C@@H]32)C1. The molecule has 4 aliphatic rings. The van der Waals surface area contributed by atoms with Crippen molar-refractivity contribution in [3.05, 3.63) is 23.0 Å². The summed E-state index contributed by atoms with van der Waals surface area (Å²) in [4.78, 5) is 11.4. The number of hydrogen-bond acceptors (Lipinski definition) is 2. The molecular weight excluding hydrogens is 419 g/mol. The lowest BCUT2D eigenvalue weighted by molar-refractivity contribution is -0.134. The van der Waals surface area contributed by atoms with Gasteiger partial charge in [-0.3, -0.25) is 0 Å². The molecule has 0 radical (unpaired) electrons. The number of hydrogen-bond donors (Lipinski definition) is 1. The smallest absolute Gasteiger partial charge is 0.364 e. The van der Waals surface area contributed by atoms with Crippen LogP contribution < -0.4 is 0 Å². The molecule has 0 aromatic rings. The Morgan fingerprint density at radius 3 is 2.38 bits per heavy atom. The lowest BCUT2D eigenvalue weighted by Crippen LogP contribution is -2.51. The third kappa shape index (κ3) is 3.66. The van der Waals surface area contributed by atoms with E-state index in [-0.39, 0.29) is 15.9 Å². The van der Waals surface area contributed by atoms with Crippen LogP contribution in [0.25, 0.3) is 0 Å². The van der Waals surface area contributed by atoms with Crippen molar-refractivity contribution in [2.45, 2.75) is 110 Å². The van der Waals surface area contributed by atoms with E-state index in [2.05, 4.69) is 53.8 Å². The minimum absolute atomic E-state index is 0.218. The first-order valence-electron chi connectivity index (χ1n) is 12.7. The van der Waals surface area contributed by atoms with Crippen molar-refractivity contribution in [3.63, 3.8) is 0 Å². The van der Waals surface area contributed by atoms with Gasteiger partial charge >= 0.3 is 5.97 Å². The van der Waals surface area contributed by atoms with Crippen LogP contribution in [0.15, 0.2) is 23.0 Å². The van der Waals surface area contributed by atoms with Gasteiger partial charge in [0, 0.05) is 6.10 Å². The van der Waals surface area contributed by atoms with E-state index in [1.807, 2.05) is 0 Å². The Labute approximate surface area is 195 Å². The van der Waals surface area contributed by atoms with Crippen molar-refractivity contribution >= 4 is 14.3 Å². The van der Waals surface area contributed by atoms with E-state index in [1.54, 1.807) is 5.57 Å². The largest absolute Gasteiger partial charge is 0.476 e. The molecule has 0 heterocycles. The zero-order chi connectivity index (χ0) is 23.7. The maximum atomic E-state index is 14.5.